The first-order chi connectivity index (χ1) is 8.81. The van der Waals surface area contributed by atoms with Crippen LogP contribution in [0.2, 0.25) is 4.34 Å². The van der Waals surface area contributed by atoms with Gasteiger partial charge in [-0.1, -0.05) is 29.8 Å². The van der Waals surface area contributed by atoms with Crippen LogP contribution in [0.1, 0.15) is 28.0 Å². The minimum atomic E-state index is 0.865. The summed E-state index contributed by atoms with van der Waals surface area (Å²) >= 11 is 7.56. The third kappa shape index (κ3) is 2.77. The predicted octanol–water partition coefficient (Wildman–Crippen LogP) is 4.18. The molecule has 18 heavy (non-hydrogen) atoms. The molecule has 0 saturated heterocycles. The van der Waals surface area contributed by atoms with Crippen molar-refractivity contribution in [3.63, 3.8) is 0 Å². The summed E-state index contributed by atoms with van der Waals surface area (Å²) in [7, 11) is 0. The third-order valence-corrected chi connectivity index (χ3v) is 4.65. The molecule has 1 aromatic carbocycles. The maximum atomic E-state index is 5.91. The fraction of sp³-hybridized carbons (Fsp3) is 0.333. The van der Waals surface area contributed by atoms with Gasteiger partial charge < -0.3 is 5.32 Å². The molecule has 1 aliphatic rings. The molecule has 94 valence electrons. The van der Waals surface area contributed by atoms with Crippen molar-refractivity contribution in [2.45, 2.75) is 32.4 Å². The smallest absolute Gasteiger partial charge is 0.0931 e. The zero-order valence-corrected chi connectivity index (χ0v) is 11.8. The van der Waals surface area contributed by atoms with Crippen molar-refractivity contribution in [1.82, 2.24) is 5.32 Å². The topological polar surface area (TPSA) is 12.0 Å². The van der Waals surface area contributed by atoms with Crippen LogP contribution in [0, 0.1) is 0 Å². The maximum absolute atomic E-state index is 5.91. The third-order valence-electron chi connectivity index (χ3n) is 3.42. The van der Waals surface area contributed by atoms with Crippen molar-refractivity contribution < 1.29 is 0 Å². The van der Waals surface area contributed by atoms with Gasteiger partial charge in [-0.05, 0) is 48.1 Å². The van der Waals surface area contributed by atoms with Crippen molar-refractivity contribution in [2.24, 2.45) is 0 Å². The van der Waals surface area contributed by atoms with Crippen molar-refractivity contribution in [2.75, 3.05) is 0 Å². The van der Waals surface area contributed by atoms with Gasteiger partial charge in [-0.25, -0.2) is 0 Å². The normalized spacial score (nSPS) is 13.8. The summed E-state index contributed by atoms with van der Waals surface area (Å²) in [5.41, 5.74) is 4.48. The number of hydrogen-bond donors (Lipinski definition) is 1. The van der Waals surface area contributed by atoms with Gasteiger partial charge in [0, 0.05) is 18.0 Å². The molecule has 0 spiro atoms. The Morgan fingerprint density at radius 2 is 1.94 bits per heavy atom. The van der Waals surface area contributed by atoms with Crippen LogP contribution in [0.4, 0.5) is 0 Å². The lowest BCUT2D eigenvalue weighted by Gasteiger charge is -2.06. The largest absolute Gasteiger partial charge is 0.308 e. The second-order valence-corrected chi connectivity index (χ2v) is 6.57. The maximum Gasteiger partial charge on any atom is 0.0931 e. The monoisotopic (exact) mass is 277 g/mol. The summed E-state index contributed by atoms with van der Waals surface area (Å²) in [4.78, 5) is 1.29. The average Bonchev–Trinajstić information content (AvgIpc) is 2.97. The van der Waals surface area contributed by atoms with Crippen molar-refractivity contribution in [3.05, 3.63) is 56.2 Å². The van der Waals surface area contributed by atoms with E-state index >= 15 is 0 Å². The Morgan fingerprint density at radius 3 is 2.78 bits per heavy atom. The highest BCUT2D eigenvalue weighted by Crippen LogP contribution is 2.23. The van der Waals surface area contributed by atoms with Gasteiger partial charge in [-0.3, -0.25) is 0 Å². The van der Waals surface area contributed by atoms with Crippen LogP contribution in [-0.4, -0.2) is 0 Å². The van der Waals surface area contributed by atoms with Gasteiger partial charge >= 0.3 is 0 Å². The number of benzene rings is 1. The van der Waals surface area contributed by atoms with Gasteiger partial charge in [0.1, 0.15) is 0 Å². The van der Waals surface area contributed by atoms with E-state index in [4.69, 9.17) is 11.6 Å². The van der Waals surface area contributed by atoms with E-state index in [0.717, 1.165) is 17.4 Å². The first kappa shape index (κ1) is 12.2. The second-order valence-electron chi connectivity index (χ2n) is 4.77. The van der Waals surface area contributed by atoms with Gasteiger partial charge in [0.15, 0.2) is 0 Å². The van der Waals surface area contributed by atoms with Crippen molar-refractivity contribution in [3.8, 4) is 0 Å². The molecule has 3 rings (SSSR count). The number of halogens is 1. The van der Waals surface area contributed by atoms with E-state index in [1.54, 1.807) is 22.5 Å². The highest BCUT2D eigenvalue weighted by atomic mass is 35.5. The highest BCUT2D eigenvalue weighted by Gasteiger charge is 2.10. The zero-order chi connectivity index (χ0) is 12.4. The molecule has 0 unspecified atom stereocenters. The van der Waals surface area contributed by atoms with Crippen LogP contribution in [-0.2, 0) is 25.9 Å². The fourth-order valence-electron chi connectivity index (χ4n) is 2.51. The molecule has 0 saturated carbocycles. The molecule has 2 aromatic rings. The Labute approximate surface area is 117 Å². The molecular formula is C15H16ClNS. The lowest BCUT2D eigenvalue weighted by atomic mass is 10.1. The number of nitrogens with one attached hydrogen (secondary N) is 1. The van der Waals surface area contributed by atoms with Crippen LogP contribution in [0.5, 0.6) is 0 Å². The molecule has 0 atom stereocenters. The summed E-state index contributed by atoms with van der Waals surface area (Å²) in [6.07, 6.45) is 3.83. The Morgan fingerprint density at radius 1 is 1.06 bits per heavy atom. The molecule has 1 nitrogen and oxygen atoms in total. The molecule has 0 aliphatic heterocycles. The summed E-state index contributed by atoms with van der Waals surface area (Å²) in [6.45, 7) is 1.83. The summed E-state index contributed by atoms with van der Waals surface area (Å²) < 4.78 is 0.865. The Kier molecular flexibility index (Phi) is 3.69. The van der Waals surface area contributed by atoms with Crippen LogP contribution in [0.3, 0.4) is 0 Å². The van der Waals surface area contributed by atoms with E-state index in [1.807, 2.05) is 6.07 Å². The van der Waals surface area contributed by atoms with Gasteiger partial charge in [0.05, 0.1) is 4.34 Å². The molecule has 0 radical (unpaired) electrons. The second kappa shape index (κ2) is 5.43. The Hall–Kier alpha value is -0.830. The zero-order valence-electron chi connectivity index (χ0n) is 10.2. The van der Waals surface area contributed by atoms with E-state index in [2.05, 4.69) is 29.6 Å². The molecule has 1 heterocycles. The van der Waals surface area contributed by atoms with Crippen LogP contribution in [0.25, 0.3) is 0 Å². The van der Waals surface area contributed by atoms with E-state index in [-0.39, 0.29) is 0 Å². The first-order valence-electron chi connectivity index (χ1n) is 6.37. The Balaban J connectivity index is 1.57. The first-order valence-corrected chi connectivity index (χ1v) is 7.56. The highest BCUT2D eigenvalue weighted by molar-refractivity contribution is 7.16. The molecular weight excluding hydrogens is 262 g/mol. The summed E-state index contributed by atoms with van der Waals surface area (Å²) in [5.74, 6) is 0. The van der Waals surface area contributed by atoms with Crippen LogP contribution < -0.4 is 5.32 Å². The minimum Gasteiger partial charge on any atom is -0.308 e. The molecule has 0 fully saturated rings. The molecule has 0 amide bonds. The minimum absolute atomic E-state index is 0.865. The van der Waals surface area contributed by atoms with Gasteiger partial charge in [-0.2, -0.15) is 0 Å². The standard InChI is InChI=1S/C15H16ClNS/c16-15-7-6-14(18-15)10-17-9-11-4-5-12-2-1-3-13(12)8-11/h4-8,17H,1-3,9-10H2. The average molecular weight is 278 g/mol. The van der Waals surface area contributed by atoms with Gasteiger partial charge in [-0.15, -0.1) is 11.3 Å². The van der Waals surface area contributed by atoms with Gasteiger partial charge in [0.25, 0.3) is 0 Å². The number of hydrogen-bond acceptors (Lipinski definition) is 2. The molecule has 1 aliphatic carbocycles. The SMILES string of the molecule is Clc1ccc(CNCc2ccc3c(c2)CCC3)s1. The lowest BCUT2D eigenvalue weighted by molar-refractivity contribution is 0.700. The number of aryl methyl sites for hydroxylation is 2. The van der Waals surface area contributed by atoms with E-state index in [9.17, 15) is 0 Å². The molecule has 1 aromatic heterocycles. The van der Waals surface area contributed by atoms with E-state index < -0.39 is 0 Å². The van der Waals surface area contributed by atoms with Crippen LogP contribution in [0.15, 0.2) is 30.3 Å². The van der Waals surface area contributed by atoms with Crippen molar-refractivity contribution >= 4 is 22.9 Å². The fourth-order valence-corrected chi connectivity index (χ4v) is 3.57. The van der Waals surface area contributed by atoms with E-state index in [0.29, 0.717) is 0 Å². The molecule has 3 heteroatoms. The summed E-state index contributed by atoms with van der Waals surface area (Å²) in [6, 6.07) is 10.9. The Bertz CT molecular complexity index is 547. The van der Waals surface area contributed by atoms with Crippen molar-refractivity contribution in [1.29, 1.82) is 0 Å². The lowest BCUT2D eigenvalue weighted by Crippen LogP contribution is -2.11. The van der Waals surface area contributed by atoms with E-state index in [1.165, 1.54) is 29.7 Å². The van der Waals surface area contributed by atoms with Crippen LogP contribution >= 0.6 is 22.9 Å². The quantitative estimate of drug-likeness (QED) is 0.884. The molecule has 0 bridgehead atoms. The predicted molar refractivity (Wildman–Crippen MR) is 78.3 cm³/mol. The molecule has 1 N–H and O–H groups in total. The number of fused-ring (bicyclic) bond motifs is 1. The number of thiophene rings is 1. The summed E-state index contributed by atoms with van der Waals surface area (Å²) in [5, 5.41) is 3.47. The van der Waals surface area contributed by atoms with Gasteiger partial charge in [0.2, 0.25) is 0 Å². The number of rotatable bonds is 4.